The zero-order chi connectivity index (χ0) is 15.0. The summed E-state index contributed by atoms with van der Waals surface area (Å²) in [6.07, 6.45) is 2.86. The third kappa shape index (κ3) is 5.35. The van der Waals surface area contributed by atoms with Gasteiger partial charge in [-0.15, -0.1) is 0 Å². The van der Waals surface area contributed by atoms with Gasteiger partial charge in [-0.25, -0.2) is 4.98 Å². The van der Waals surface area contributed by atoms with E-state index in [4.69, 9.17) is 4.74 Å². The van der Waals surface area contributed by atoms with Gasteiger partial charge < -0.3 is 15.0 Å². The molecule has 8 nitrogen and oxygen atoms in total. The van der Waals surface area contributed by atoms with E-state index in [9.17, 15) is 10.1 Å². The number of nitrogens with zero attached hydrogens (tertiary/aromatic N) is 4. The van der Waals surface area contributed by atoms with Gasteiger partial charge in [0, 0.05) is 13.1 Å². The average Bonchev–Trinajstić information content (AvgIpc) is 2.41. The molecule has 0 aliphatic heterocycles. The Morgan fingerprint density at radius 3 is 2.85 bits per heavy atom. The smallest absolute Gasteiger partial charge is 0.349 e. The summed E-state index contributed by atoms with van der Waals surface area (Å²) in [5.41, 5.74) is -0.211. The molecule has 0 amide bonds. The van der Waals surface area contributed by atoms with Crippen molar-refractivity contribution in [1.29, 1.82) is 0 Å². The van der Waals surface area contributed by atoms with E-state index in [0.29, 0.717) is 19.1 Å². The molecule has 0 aliphatic carbocycles. The van der Waals surface area contributed by atoms with Crippen LogP contribution >= 0.6 is 0 Å². The van der Waals surface area contributed by atoms with Crippen LogP contribution in [0.1, 0.15) is 19.8 Å². The molecular weight excluding hydrogens is 262 g/mol. The zero-order valence-electron chi connectivity index (χ0n) is 12.1. The van der Waals surface area contributed by atoms with Crippen molar-refractivity contribution < 1.29 is 9.66 Å². The molecule has 0 bridgehead atoms. The molecule has 0 fully saturated rings. The first kappa shape index (κ1) is 16.1. The number of nitrogens with one attached hydrogen (secondary N) is 1. The minimum absolute atomic E-state index is 0.0161. The molecule has 0 unspecified atom stereocenters. The number of aromatic nitrogens is 2. The van der Waals surface area contributed by atoms with Crippen LogP contribution in [-0.2, 0) is 0 Å². The van der Waals surface area contributed by atoms with Gasteiger partial charge in [0.1, 0.15) is 6.20 Å². The molecule has 0 saturated carbocycles. The highest BCUT2D eigenvalue weighted by atomic mass is 16.6. The third-order valence-corrected chi connectivity index (χ3v) is 2.45. The Morgan fingerprint density at radius 2 is 2.25 bits per heavy atom. The van der Waals surface area contributed by atoms with Crippen molar-refractivity contribution in [3.63, 3.8) is 0 Å². The van der Waals surface area contributed by atoms with Gasteiger partial charge in [0.2, 0.25) is 5.95 Å². The number of rotatable bonds is 9. The second-order valence-corrected chi connectivity index (χ2v) is 4.57. The maximum absolute atomic E-state index is 10.9. The molecule has 1 rings (SSSR count). The van der Waals surface area contributed by atoms with Crippen molar-refractivity contribution in [1.82, 2.24) is 14.9 Å². The van der Waals surface area contributed by atoms with E-state index in [1.807, 2.05) is 25.9 Å². The highest BCUT2D eigenvalue weighted by Gasteiger charge is 2.18. The highest BCUT2D eigenvalue weighted by molar-refractivity contribution is 5.43. The molecule has 8 heteroatoms. The van der Waals surface area contributed by atoms with Gasteiger partial charge in [0.05, 0.1) is 11.5 Å². The lowest BCUT2D eigenvalue weighted by Crippen LogP contribution is -2.16. The fourth-order valence-electron chi connectivity index (χ4n) is 1.46. The highest BCUT2D eigenvalue weighted by Crippen LogP contribution is 2.24. The summed E-state index contributed by atoms with van der Waals surface area (Å²) < 4.78 is 5.41. The maximum Gasteiger partial charge on any atom is 0.349 e. The third-order valence-electron chi connectivity index (χ3n) is 2.45. The minimum Gasteiger partial charge on any atom is -0.473 e. The molecule has 1 aromatic heterocycles. The molecule has 112 valence electrons. The van der Waals surface area contributed by atoms with Crippen LogP contribution in [0.3, 0.4) is 0 Å². The predicted molar refractivity (Wildman–Crippen MR) is 76.1 cm³/mol. The summed E-state index contributed by atoms with van der Waals surface area (Å²) in [6, 6.07) is 0. The molecule has 1 heterocycles. The number of hydrogen-bond donors (Lipinski definition) is 1. The fourth-order valence-corrected chi connectivity index (χ4v) is 1.46. The Labute approximate surface area is 118 Å². The van der Waals surface area contributed by atoms with E-state index in [-0.39, 0.29) is 11.6 Å². The monoisotopic (exact) mass is 283 g/mol. The van der Waals surface area contributed by atoms with Crippen LogP contribution in [0.25, 0.3) is 0 Å². The molecule has 0 atom stereocenters. The average molecular weight is 283 g/mol. The topological polar surface area (TPSA) is 93.4 Å². The number of anilines is 1. The molecule has 0 radical (unpaired) electrons. The Morgan fingerprint density at radius 1 is 1.50 bits per heavy atom. The lowest BCUT2D eigenvalue weighted by molar-refractivity contribution is -0.386. The number of hydrogen-bond acceptors (Lipinski definition) is 7. The molecule has 1 N–H and O–H groups in total. The summed E-state index contributed by atoms with van der Waals surface area (Å²) in [5, 5.41) is 13.9. The SMILES string of the molecule is CCCNc1ncc([N+](=O)[O-])c(OCCCN(C)C)n1. The Hall–Kier alpha value is -1.96. The maximum atomic E-state index is 10.9. The molecule has 0 spiro atoms. The Kier molecular flexibility index (Phi) is 6.65. The van der Waals surface area contributed by atoms with Crippen molar-refractivity contribution in [2.45, 2.75) is 19.8 Å². The van der Waals surface area contributed by atoms with Gasteiger partial charge in [0.15, 0.2) is 0 Å². The van der Waals surface area contributed by atoms with Crippen molar-refractivity contribution >= 4 is 11.6 Å². The van der Waals surface area contributed by atoms with E-state index < -0.39 is 4.92 Å². The lowest BCUT2D eigenvalue weighted by Gasteiger charge is -2.10. The number of ether oxygens (including phenoxy) is 1. The Bertz CT molecular complexity index is 439. The van der Waals surface area contributed by atoms with Crippen LogP contribution in [0, 0.1) is 10.1 Å². The molecule has 0 saturated heterocycles. The normalized spacial score (nSPS) is 10.6. The molecule has 1 aromatic rings. The largest absolute Gasteiger partial charge is 0.473 e. The molecule has 0 aromatic carbocycles. The summed E-state index contributed by atoms with van der Waals surface area (Å²) in [7, 11) is 3.92. The van der Waals surface area contributed by atoms with Crippen LogP contribution in [-0.4, -0.2) is 53.6 Å². The van der Waals surface area contributed by atoms with Crippen molar-refractivity contribution in [2.24, 2.45) is 0 Å². The van der Waals surface area contributed by atoms with E-state index >= 15 is 0 Å². The standard InChI is InChI=1S/C12H21N5O3/c1-4-6-13-12-14-9-10(17(18)19)11(15-12)20-8-5-7-16(2)3/h9H,4-8H2,1-3H3,(H,13,14,15). The van der Waals surface area contributed by atoms with E-state index in [1.165, 1.54) is 6.20 Å². The van der Waals surface area contributed by atoms with Crippen molar-refractivity contribution in [2.75, 3.05) is 39.1 Å². The second-order valence-electron chi connectivity index (χ2n) is 4.57. The van der Waals surface area contributed by atoms with Gasteiger partial charge in [-0.1, -0.05) is 6.92 Å². The first-order valence-corrected chi connectivity index (χ1v) is 6.57. The minimum atomic E-state index is -0.537. The zero-order valence-corrected chi connectivity index (χ0v) is 12.1. The van der Waals surface area contributed by atoms with Crippen LogP contribution < -0.4 is 10.1 Å². The summed E-state index contributed by atoms with van der Waals surface area (Å²) in [4.78, 5) is 20.3. The molecule has 0 aliphatic rings. The first-order valence-electron chi connectivity index (χ1n) is 6.57. The van der Waals surface area contributed by atoms with Gasteiger partial charge in [-0.3, -0.25) is 10.1 Å². The van der Waals surface area contributed by atoms with E-state index in [0.717, 1.165) is 19.4 Å². The van der Waals surface area contributed by atoms with Gasteiger partial charge in [-0.05, 0) is 26.9 Å². The quantitative estimate of drug-likeness (QED) is 0.417. The molecular formula is C12H21N5O3. The van der Waals surface area contributed by atoms with E-state index in [2.05, 4.69) is 15.3 Å². The first-order chi connectivity index (χ1) is 9.54. The van der Waals surface area contributed by atoms with Gasteiger partial charge in [0.25, 0.3) is 5.88 Å². The summed E-state index contributed by atoms with van der Waals surface area (Å²) in [5.74, 6) is 0.363. The summed E-state index contributed by atoms with van der Waals surface area (Å²) >= 11 is 0. The Balaban J connectivity index is 2.70. The number of nitro groups is 1. The van der Waals surface area contributed by atoms with Crippen LogP contribution in [0.5, 0.6) is 5.88 Å². The van der Waals surface area contributed by atoms with Gasteiger partial charge in [-0.2, -0.15) is 4.98 Å². The van der Waals surface area contributed by atoms with E-state index in [1.54, 1.807) is 0 Å². The fraction of sp³-hybridized carbons (Fsp3) is 0.667. The van der Waals surface area contributed by atoms with Gasteiger partial charge >= 0.3 is 5.69 Å². The second kappa shape index (κ2) is 8.26. The van der Waals surface area contributed by atoms with Crippen LogP contribution in [0.4, 0.5) is 11.6 Å². The van der Waals surface area contributed by atoms with Crippen LogP contribution in [0.15, 0.2) is 6.20 Å². The summed E-state index contributed by atoms with van der Waals surface area (Å²) in [6.45, 7) is 3.94. The van der Waals surface area contributed by atoms with Crippen molar-refractivity contribution in [3.05, 3.63) is 16.3 Å². The predicted octanol–water partition coefficient (Wildman–Crippen LogP) is 1.54. The van der Waals surface area contributed by atoms with Crippen molar-refractivity contribution in [3.8, 4) is 5.88 Å². The molecule has 20 heavy (non-hydrogen) atoms. The lowest BCUT2D eigenvalue weighted by atomic mass is 10.4. The van der Waals surface area contributed by atoms with Crippen LogP contribution in [0.2, 0.25) is 0 Å².